The van der Waals surface area contributed by atoms with E-state index in [9.17, 15) is 13.2 Å². The van der Waals surface area contributed by atoms with Crippen LogP contribution in [-0.4, -0.2) is 58.8 Å². The van der Waals surface area contributed by atoms with Gasteiger partial charge in [-0.15, -0.1) is 0 Å². The molecule has 0 saturated carbocycles. The van der Waals surface area contributed by atoms with Crippen LogP contribution in [0.15, 0.2) is 59.5 Å². The maximum atomic E-state index is 13.0. The van der Waals surface area contributed by atoms with Crippen LogP contribution in [0.3, 0.4) is 0 Å². The zero-order chi connectivity index (χ0) is 23.6. The summed E-state index contributed by atoms with van der Waals surface area (Å²) in [7, 11) is -2.88. The summed E-state index contributed by atoms with van der Waals surface area (Å²) in [4.78, 5) is 11.9. The summed E-state index contributed by atoms with van der Waals surface area (Å²) in [6.45, 7) is 3.20. The van der Waals surface area contributed by atoms with Crippen LogP contribution in [-0.2, 0) is 42.8 Å². The number of rotatable bonds is 6. The van der Waals surface area contributed by atoms with Crippen LogP contribution >= 0.6 is 0 Å². The maximum Gasteiger partial charge on any atom is 0.303 e. The Kier molecular flexibility index (Phi) is 7.13. The van der Waals surface area contributed by atoms with E-state index in [1.165, 1.54) is 26.2 Å². The number of ether oxygens (including phenoxy) is 5. The average Bonchev–Trinajstić information content (AvgIpc) is 2.80. The molecule has 2 fully saturated rings. The van der Waals surface area contributed by atoms with Gasteiger partial charge in [0.1, 0.15) is 12.2 Å². The van der Waals surface area contributed by atoms with Gasteiger partial charge in [-0.1, -0.05) is 48.0 Å². The third kappa shape index (κ3) is 5.26. The molecule has 2 aromatic carbocycles. The van der Waals surface area contributed by atoms with Crippen LogP contribution in [0.1, 0.15) is 24.3 Å². The van der Waals surface area contributed by atoms with E-state index >= 15 is 0 Å². The second-order valence-electron chi connectivity index (χ2n) is 7.86. The van der Waals surface area contributed by atoms with Crippen molar-refractivity contribution in [1.29, 1.82) is 0 Å². The molecule has 2 aliphatic rings. The molecule has 9 nitrogen and oxygen atoms in total. The highest BCUT2D eigenvalue weighted by Gasteiger charge is 2.54. The SMILES string of the molecule is CO[C@@H]1O[C@@H]2CO[C@@H](c3ccccc3)O[C@H]2[C@H](OC(C)=O)[C@H]1OS(=O)(=O)c1ccc(C)cc1. The highest BCUT2D eigenvalue weighted by atomic mass is 32.2. The van der Waals surface area contributed by atoms with Gasteiger partial charge in [-0.2, -0.15) is 8.42 Å². The fraction of sp³-hybridized carbons (Fsp3) is 0.435. The Balaban J connectivity index is 1.64. The number of hydrogen-bond donors (Lipinski definition) is 0. The zero-order valence-corrected chi connectivity index (χ0v) is 19.3. The van der Waals surface area contributed by atoms with Gasteiger partial charge in [-0.25, -0.2) is 0 Å². The molecule has 178 valence electrons. The van der Waals surface area contributed by atoms with Crippen molar-refractivity contribution in [3.63, 3.8) is 0 Å². The number of fused-ring (bicyclic) bond motifs is 1. The molecule has 4 rings (SSSR count). The summed E-state index contributed by atoms with van der Waals surface area (Å²) in [5.41, 5.74) is 1.66. The first kappa shape index (κ1) is 23.8. The Morgan fingerprint density at radius 2 is 1.70 bits per heavy atom. The first-order valence-corrected chi connectivity index (χ1v) is 11.9. The van der Waals surface area contributed by atoms with Gasteiger partial charge in [0.15, 0.2) is 24.8 Å². The molecule has 10 heteroatoms. The molecule has 0 spiro atoms. The van der Waals surface area contributed by atoms with Crippen LogP contribution in [0, 0.1) is 6.92 Å². The summed E-state index contributed by atoms with van der Waals surface area (Å²) >= 11 is 0. The molecule has 33 heavy (non-hydrogen) atoms. The standard InChI is InChI=1S/C23H26O9S/c1-14-9-11-17(12-10-14)33(25,26)32-21-20(29-15(2)24)19-18(30-23(21)27-3)13-28-22(31-19)16-7-5-4-6-8-16/h4-12,18-23H,13H2,1-3H3/t18-,19-,20+,21-,22-,23-/m1/s1. The van der Waals surface area contributed by atoms with Crippen molar-refractivity contribution in [2.45, 2.75) is 55.7 Å². The van der Waals surface area contributed by atoms with Crippen LogP contribution in [0.2, 0.25) is 0 Å². The lowest BCUT2D eigenvalue weighted by molar-refractivity contribution is -0.355. The van der Waals surface area contributed by atoms with Gasteiger partial charge in [0.2, 0.25) is 0 Å². The van der Waals surface area contributed by atoms with Crippen molar-refractivity contribution >= 4 is 16.1 Å². The van der Waals surface area contributed by atoms with E-state index in [0.29, 0.717) is 0 Å². The van der Waals surface area contributed by atoms with Gasteiger partial charge in [0, 0.05) is 19.6 Å². The predicted octanol–water partition coefficient (Wildman–Crippen LogP) is 2.49. The molecular formula is C23H26O9S. The van der Waals surface area contributed by atoms with E-state index in [1.54, 1.807) is 12.1 Å². The fourth-order valence-corrected chi connectivity index (χ4v) is 4.92. The summed E-state index contributed by atoms with van der Waals surface area (Å²) in [5, 5.41) is 0. The first-order chi connectivity index (χ1) is 15.8. The molecule has 2 aromatic rings. The van der Waals surface area contributed by atoms with E-state index in [2.05, 4.69) is 0 Å². The number of aryl methyl sites for hydroxylation is 1. The first-order valence-electron chi connectivity index (χ1n) is 10.5. The van der Waals surface area contributed by atoms with Crippen molar-refractivity contribution in [3.05, 3.63) is 65.7 Å². The van der Waals surface area contributed by atoms with Gasteiger partial charge in [0.25, 0.3) is 10.1 Å². The molecule has 2 heterocycles. The van der Waals surface area contributed by atoms with E-state index in [0.717, 1.165) is 11.1 Å². The molecule has 6 atom stereocenters. The Morgan fingerprint density at radius 1 is 1.00 bits per heavy atom. The minimum Gasteiger partial charge on any atom is -0.457 e. The topological polar surface area (TPSA) is 107 Å². The third-order valence-electron chi connectivity index (χ3n) is 5.44. The predicted molar refractivity (Wildman–Crippen MR) is 114 cm³/mol. The summed E-state index contributed by atoms with van der Waals surface area (Å²) in [6.07, 6.45) is -5.83. The molecule has 0 aromatic heterocycles. The molecule has 0 radical (unpaired) electrons. The van der Waals surface area contributed by atoms with Crippen molar-refractivity contribution in [3.8, 4) is 0 Å². The molecule has 0 unspecified atom stereocenters. The number of carbonyl (C=O) groups is 1. The minimum atomic E-state index is -4.23. The van der Waals surface area contributed by atoms with Crippen molar-refractivity contribution in [2.75, 3.05) is 13.7 Å². The summed E-state index contributed by atoms with van der Waals surface area (Å²) in [5.74, 6) is -0.622. The van der Waals surface area contributed by atoms with E-state index < -0.39 is 53.1 Å². The molecular weight excluding hydrogens is 452 g/mol. The number of methoxy groups -OCH3 is 1. The van der Waals surface area contributed by atoms with Gasteiger partial charge < -0.3 is 23.7 Å². The van der Waals surface area contributed by atoms with Crippen LogP contribution < -0.4 is 0 Å². The molecule has 0 amide bonds. The van der Waals surface area contributed by atoms with Gasteiger partial charge in [-0.05, 0) is 19.1 Å². The van der Waals surface area contributed by atoms with Crippen molar-refractivity contribution < 1.29 is 41.1 Å². The second kappa shape index (κ2) is 9.88. The molecule has 0 N–H and O–H groups in total. The number of carbonyl (C=O) groups excluding carboxylic acids is 1. The lowest BCUT2D eigenvalue weighted by Gasteiger charge is -2.47. The second-order valence-corrected chi connectivity index (χ2v) is 9.43. The van der Waals surface area contributed by atoms with E-state index in [-0.39, 0.29) is 11.5 Å². The molecule has 0 aliphatic carbocycles. The fourth-order valence-electron chi connectivity index (χ4n) is 3.85. The molecule has 0 bridgehead atoms. The van der Waals surface area contributed by atoms with E-state index in [4.69, 9.17) is 27.9 Å². The maximum absolute atomic E-state index is 13.0. The Bertz CT molecular complexity index is 1060. The van der Waals surface area contributed by atoms with Crippen LogP contribution in [0.25, 0.3) is 0 Å². The number of hydrogen-bond acceptors (Lipinski definition) is 9. The number of benzene rings is 2. The Labute approximate surface area is 192 Å². The van der Waals surface area contributed by atoms with Gasteiger partial charge in [-0.3, -0.25) is 8.98 Å². The normalized spacial score (nSPS) is 29.8. The van der Waals surface area contributed by atoms with Crippen LogP contribution in [0.4, 0.5) is 0 Å². The number of esters is 1. The lowest BCUT2D eigenvalue weighted by atomic mass is 9.97. The smallest absolute Gasteiger partial charge is 0.303 e. The Morgan fingerprint density at radius 3 is 2.33 bits per heavy atom. The monoisotopic (exact) mass is 478 g/mol. The van der Waals surface area contributed by atoms with Gasteiger partial charge >= 0.3 is 5.97 Å². The van der Waals surface area contributed by atoms with Crippen LogP contribution in [0.5, 0.6) is 0 Å². The van der Waals surface area contributed by atoms with Crippen molar-refractivity contribution in [1.82, 2.24) is 0 Å². The van der Waals surface area contributed by atoms with Crippen molar-refractivity contribution in [2.24, 2.45) is 0 Å². The third-order valence-corrected chi connectivity index (χ3v) is 6.76. The summed E-state index contributed by atoms with van der Waals surface area (Å²) in [6, 6.07) is 15.4. The largest absolute Gasteiger partial charge is 0.457 e. The minimum absolute atomic E-state index is 0.0401. The quantitative estimate of drug-likeness (QED) is 0.457. The Hall–Kier alpha value is -2.34. The van der Waals surface area contributed by atoms with Gasteiger partial charge in [0.05, 0.1) is 11.5 Å². The molecule has 2 aliphatic heterocycles. The highest BCUT2D eigenvalue weighted by Crippen LogP contribution is 2.37. The summed E-state index contributed by atoms with van der Waals surface area (Å²) < 4.78 is 60.2. The van der Waals surface area contributed by atoms with E-state index in [1.807, 2.05) is 37.3 Å². The zero-order valence-electron chi connectivity index (χ0n) is 18.4. The molecule has 2 saturated heterocycles. The lowest BCUT2D eigenvalue weighted by Crippen LogP contribution is -2.64. The highest BCUT2D eigenvalue weighted by molar-refractivity contribution is 7.86. The average molecular weight is 479 g/mol.